The van der Waals surface area contributed by atoms with Crippen molar-refractivity contribution in [2.45, 2.75) is 0 Å². The number of rotatable bonds is 0. The molecule has 0 saturated heterocycles. The first-order valence-corrected chi connectivity index (χ1v) is 9.64. The van der Waals surface area contributed by atoms with Crippen LogP contribution in [0.2, 0.25) is 0 Å². The number of hydrogen-bond acceptors (Lipinski definition) is 10. The highest BCUT2D eigenvalue weighted by Gasteiger charge is 2.31. The van der Waals surface area contributed by atoms with Crippen LogP contribution in [0, 0.1) is 0 Å². The summed E-state index contributed by atoms with van der Waals surface area (Å²) in [6.07, 6.45) is 0. The Kier molecular flexibility index (Phi) is 2.79. The SMILES string of the molecule is Nc1c(N)c2[nH]c3c(N)c(N)c4c(N)c(N)c(N)c5[nH]c6c(N)c(N)c(c1N)c2c6-c3c54. The van der Waals surface area contributed by atoms with Crippen LogP contribution < -0.4 is 57.3 Å². The zero-order chi connectivity index (χ0) is 23.0. The van der Waals surface area contributed by atoms with Crippen molar-refractivity contribution in [3.05, 3.63) is 0 Å². The number of aromatic nitrogens is 2. The zero-order valence-corrected chi connectivity index (χ0v) is 16.8. The fourth-order valence-corrected chi connectivity index (χ4v) is 5.00. The molecule has 32 heavy (non-hydrogen) atoms. The Morgan fingerprint density at radius 1 is 0.281 bits per heavy atom. The number of benzene rings is 4. The topological polar surface area (TPSA) is 292 Å². The molecule has 0 fully saturated rings. The fraction of sp³-hybridized carbons (Fsp3) is 0. The number of nitrogens with two attached hydrogens (primary N) is 10. The molecule has 12 heteroatoms. The molecule has 0 aliphatic carbocycles. The normalized spacial score (nSPS) is 12.4. The third kappa shape index (κ3) is 1.60. The molecule has 6 rings (SSSR count). The highest BCUT2D eigenvalue weighted by Crippen LogP contribution is 2.57. The Bertz CT molecular complexity index is 1640. The van der Waals surface area contributed by atoms with Crippen molar-refractivity contribution in [1.82, 2.24) is 9.97 Å². The van der Waals surface area contributed by atoms with Gasteiger partial charge >= 0.3 is 0 Å². The van der Waals surface area contributed by atoms with Crippen molar-refractivity contribution in [2.75, 3.05) is 57.3 Å². The Labute approximate surface area is 179 Å². The van der Waals surface area contributed by atoms with Crippen LogP contribution in [0.3, 0.4) is 0 Å². The maximum Gasteiger partial charge on any atom is 0.0815 e. The lowest BCUT2D eigenvalue weighted by Crippen LogP contribution is -2.13. The molecule has 2 aliphatic rings. The second-order valence-electron chi connectivity index (χ2n) is 8.14. The number of nitrogens with one attached hydrogen (secondary N) is 2. The molecule has 0 aromatic heterocycles. The van der Waals surface area contributed by atoms with E-state index in [0.717, 1.165) is 0 Å². The number of anilines is 10. The molecule has 0 unspecified atom stereocenters. The molecule has 0 radical (unpaired) electrons. The van der Waals surface area contributed by atoms with Crippen molar-refractivity contribution < 1.29 is 0 Å². The van der Waals surface area contributed by atoms with E-state index < -0.39 is 0 Å². The first-order chi connectivity index (χ1) is 15.1. The van der Waals surface area contributed by atoms with E-state index in [0.29, 0.717) is 54.7 Å². The van der Waals surface area contributed by atoms with E-state index in [1.807, 2.05) is 0 Å². The van der Waals surface area contributed by atoms with Crippen LogP contribution in [0.15, 0.2) is 0 Å². The lowest BCUT2D eigenvalue weighted by atomic mass is 9.84. The monoisotopic (exact) mass is 430 g/mol. The minimum Gasteiger partial charge on any atom is -0.396 e. The van der Waals surface area contributed by atoms with E-state index in [9.17, 15) is 0 Å². The van der Waals surface area contributed by atoms with Crippen LogP contribution in [0.5, 0.6) is 0 Å². The van der Waals surface area contributed by atoms with Gasteiger partial charge in [-0.15, -0.1) is 0 Å². The summed E-state index contributed by atoms with van der Waals surface area (Å²) in [7, 11) is 0. The molecular weight excluding hydrogens is 408 g/mol. The van der Waals surface area contributed by atoms with Crippen LogP contribution in [0.4, 0.5) is 56.9 Å². The molecule has 22 N–H and O–H groups in total. The average molecular weight is 430 g/mol. The maximum atomic E-state index is 6.48. The standard InChI is InChI=1S/C20H22N12/c21-7-5-3-1-2-4-6(10(24)14(28)18(2)32-19(3)15(29)11(7)25)8(22)12(26)16(30)20(4)31-17(1)13(27)9(5)23/h31-32H,21-30H2. The van der Waals surface area contributed by atoms with Gasteiger partial charge < -0.3 is 67.3 Å². The Hall–Kier alpha value is -5.00. The number of aromatic amines is 2. The van der Waals surface area contributed by atoms with Gasteiger partial charge in [-0.2, -0.15) is 0 Å². The molecule has 12 nitrogen and oxygen atoms in total. The van der Waals surface area contributed by atoms with Gasteiger partial charge in [0.1, 0.15) is 0 Å². The summed E-state index contributed by atoms with van der Waals surface area (Å²) in [6.45, 7) is 0. The van der Waals surface area contributed by atoms with Gasteiger partial charge in [0.05, 0.1) is 78.9 Å². The zero-order valence-electron chi connectivity index (χ0n) is 16.8. The molecular formula is C20H22N12. The van der Waals surface area contributed by atoms with Gasteiger partial charge in [0.15, 0.2) is 0 Å². The third-order valence-electron chi connectivity index (χ3n) is 6.65. The first kappa shape index (κ1) is 17.8. The number of pyridine rings is 2. The molecule has 0 bridgehead atoms. The van der Waals surface area contributed by atoms with Crippen LogP contribution in [-0.2, 0) is 0 Å². The molecule has 0 amide bonds. The fourth-order valence-electron chi connectivity index (χ4n) is 5.00. The van der Waals surface area contributed by atoms with Crippen molar-refractivity contribution in [1.29, 1.82) is 0 Å². The first-order valence-electron chi connectivity index (χ1n) is 9.64. The third-order valence-corrected chi connectivity index (χ3v) is 6.65. The summed E-state index contributed by atoms with van der Waals surface area (Å²) in [5.74, 6) is 0. The van der Waals surface area contributed by atoms with E-state index in [1.165, 1.54) is 0 Å². The number of hydrogen-bond donors (Lipinski definition) is 12. The molecule has 4 aromatic carbocycles. The Morgan fingerprint density at radius 3 is 0.906 bits per heavy atom. The lowest BCUT2D eigenvalue weighted by Gasteiger charge is -2.28. The molecule has 2 heterocycles. The van der Waals surface area contributed by atoms with Gasteiger partial charge in [-0.1, -0.05) is 0 Å². The second kappa shape index (κ2) is 5.00. The van der Waals surface area contributed by atoms with Crippen molar-refractivity contribution in [2.24, 2.45) is 0 Å². The van der Waals surface area contributed by atoms with Crippen molar-refractivity contribution in [3.8, 4) is 11.1 Å². The Balaban J connectivity index is 2.14. The summed E-state index contributed by atoms with van der Waals surface area (Å²) < 4.78 is 0. The van der Waals surface area contributed by atoms with E-state index in [-0.39, 0.29) is 56.9 Å². The summed E-state index contributed by atoms with van der Waals surface area (Å²) >= 11 is 0. The molecule has 162 valence electrons. The van der Waals surface area contributed by atoms with Gasteiger partial charge in [0.2, 0.25) is 0 Å². The lowest BCUT2D eigenvalue weighted by molar-refractivity contribution is 1.44. The van der Waals surface area contributed by atoms with Gasteiger partial charge in [-0.25, -0.2) is 0 Å². The quantitative estimate of drug-likeness (QED) is 0.0930. The van der Waals surface area contributed by atoms with E-state index in [2.05, 4.69) is 9.97 Å². The molecule has 4 aromatic rings. The predicted octanol–water partition coefficient (Wildman–Crippen LogP) is 1.32. The van der Waals surface area contributed by atoms with Crippen molar-refractivity contribution in [3.63, 3.8) is 0 Å². The van der Waals surface area contributed by atoms with Crippen LogP contribution in [0.25, 0.3) is 54.7 Å². The molecule has 0 saturated carbocycles. The van der Waals surface area contributed by atoms with Crippen LogP contribution in [-0.4, -0.2) is 9.97 Å². The van der Waals surface area contributed by atoms with Crippen LogP contribution in [0.1, 0.15) is 0 Å². The van der Waals surface area contributed by atoms with Crippen molar-refractivity contribution >= 4 is 100 Å². The van der Waals surface area contributed by atoms with E-state index in [4.69, 9.17) is 57.3 Å². The van der Waals surface area contributed by atoms with Gasteiger partial charge in [-0.05, 0) is 0 Å². The van der Waals surface area contributed by atoms with Gasteiger partial charge in [0, 0.05) is 32.7 Å². The summed E-state index contributed by atoms with van der Waals surface area (Å²) in [5.41, 5.74) is 69.5. The Morgan fingerprint density at radius 2 is 0.562 bits per heavy atom. The maximum absolute atomic E-state index is 6.48. The summed E-state index contributed by atoms with van der Waals surface area (Å²) in [4.78, 5) is 6.59. The molecule has 0 spiro atoms. The van der Waals surface area contributed by atoms with Crippen LogP contribution >= 0.6 is 0 Å². The highest BCUT2D eigenvalue weighted by atomic mass is 14.9. The van der Waals surface area contributed by atoms with E-state index >= 15 is 0 Å². The minimum atomic E-state index is 0.188. The number of nitrogen functional groups attached to an aromatic ring is 10. The molecule has 2 aliphatic heterocycles. The smallest absolute Gasteiger partial charge is 0.0815 e. The highest BCUT2D eigenvalue weighted by molar-refractivity contribution is 6.38. The molecule has 0 atom stereocenters. The predicted molar refractivity (Wildman–Crippen MR) is 137 cm³/mol. The number of H-pyrrole nitrogens is 2. The largest absolute Gasteiger partial charge is 0.396 e. The summed E-state index contributed by atoms with van der Waals surface area (Å²) in [6, 6.07) is 0. The second-order valence-corrected chi connectivity index (χ2v) is 8.14. The van der Waals surface area contributed by atoms with Gasteiger partial charge in [-0.3, -0.25) is 0 Å². The van der Waals surface area contributed by atoms with E-state index in [1.54, 1.807) is 0 Å². The summed E-state index contributed by atoms with van der Waals surface area (Å²) in [5, 5.41) is 2.29. The van der Waals surface area contributed by atoms with Gasteiger partial charge in [0.25, 0.3) is 0 Å². The minimum absolute atomic E-state index is 0.188. The average Bonchev–Trinajstić information content (AvgIpc) is 2.77.